The molecule has 2 unspecified atom stereocenters. The molecule has 4 N–H and O–H groups in total. The third-order valence-electron chi connectivity index (χ3n) is 13.9. The molecule has 13 nitrogen and oxygen atoms in total. The number of piperidine rings is 1. The van der Waals surface area contributed by atoms with Crippen LogP contribution in [-0.2, 0) is 33.4 Å². The quantitative estimate of drug-likeness (QED) is 0.118. The number of rotatable bonds is 14. The van der Waals surface area contributed by atoms with E-state index in [1.807, 2.05) is 0 Å². The molecule has 2 saturated heterocycles. The van der Waals surface area contributed by atoms with Crippen LogP contribution in [0.4, 0.5) is 4.79 Å². The first-order chi connectivity index (χ1) is 25.5. The van der Waals surface area contributed by atoms with Gasteiger partial charge in [-0.05, 0) is 126 Å². The highest BCUT2D eigenvalue weighted by Crippen LogP contribution is 2.65. The number of hydrogen-bond acceptors (Lipinski definition) is 8. The van der Waals surface area contributed by atoms with Gasteiger partial charge in [0.05, 0.1) is 25.2 Å². The Labute approximate surface area is 319 Å². The van der Waals surface area contributed by atoms with Crippen LogP contribution in [0.5, 0.6) is 0 Å². The minimum atomic E-state index is -1.13. The van der Waals surface area contributed by atoms with Crippen LogP contribution >= 0.6 is 0 Å². The maximum Gasteiger partial charge on any atom is 0.315 e. The maximum absolute atomic E-state index is 14.8. The number of hydrogen-bond donors (Lipinski definition) is 4. The van der Waals surface area contributed by atoms with Crippen LogP contribution in [0.15, 0.2) is 0 Å². The lowest BCUT2D eigenvalue weighted by Crippen LogP contribution is -2.64. The Morgan fingerprint density at radius 2 is 1.54 bits per heavy atom. The van der Waals surface area contributed by atoms with Gasteiger partial charge in [0.1, 0.15) is 17.7 Å². The fraction of sp³-hybridized carbons (Fsp3) is 0.854. The standard InChI is InChI=1S/C41H63N5O8/c1-39(2,3)54-30(47)13-14-42-36(50)34(48)29(12-11-27-22-53-27)43-35(49)33-31-28(40(31,4)5)21-46(33)37(51)32(26-9-7-6-8-10-26)44-38(52)45-41-18-23-15-24(19-41)17-25(16-23)20-41/h23-29,31-33H,6-22H2,1-5H3,(H,42,50)(H,43,49)(H2,44,45,52)/t23?,24?,25?,27?,28?,29-,31+,32+,33+,41?/m1/s1. The van der Waals surface area contributed by atoms with E-state index in [2.05, 4.69) is 35.1 Å². The number of nitrogens with one attached hydrogen (secondary N) is 4. The molecule has 8 aliphatic rings. The van der Waals surface area contributed by atoms with E-state index in [1.165, 1.54) is 19.3 Å². The number of amides is 5. The Morgan fingerprint density at radius 1 is 0.907 bits per heavy atom. The van der Waals surface area contributed by atoms with Gasteiger partial charge in [0.25, 0.3) is 5.91 Å². The highest BCUT2D eigenvalue weighted by Gasteiger charge is 2.70. The molecule has 6 atom stereocenters. The van der Waals surface area contributed by atoms with E-state index in [0.717, 1.165) is 51.4 Å². The molecule has 5 amide bonds. The van der Waals surface area contributed by atoms with Crippen molar-refractivity contribution in [2.45, 2.75) is 160 Å². The first kappa shape index (κ1) is 39.0. The predicted octanol–water partition coefficient (Wildman–Crippen LogP) is 3.77. The zero-order valence-corrected chi connectivity index (χ0v) is 33.0. The molecule has 0 aromatic rings. The number of ether oxygens (including phenoxy) is 2. The number of fused-ring (bicyclic) bond motifs is 1. The number of esters is 1. The Balaban J connectivity index is 1.04. The normalized spacial score (nSPS) is 34.2. The Bertz CT molecular complexity index is 1460. The van der Waals surface area contributed by atoms with E-state index < -0.39 is 47.3 Å². The van der Waals surface area contributed by atoms with Crippen LogP contribution in [0, 0.1) is 40.9 Å². The predicted molar refractivity (Wildman–Crippen MR) is 199 cm³/mol. The van der Waals surface area contributed by atoms with Crippen LogP contribution < -0.4 is 21.3 Å². The molecule has 2 heterocycles. The monoisotopic (exact) mass is 753 g/mol. The molecule has 0 aromatic carbocycles. The van der Waals surface area contributed by atoms with E-state index in [1.54, 1.807) is 25.7 Å². The molecule has 2 aliphatic heterocycles. The number of Topliss-reactive ketones (excluding diaryl/α,β-unsaturated/α-hetero) is 1. The molecule has 0 radical (unpaired) electrons. The van der Waals surface area contributed by atoms with Crippen molar-refractivity contribution in [3.05, 3.63) is 0 Å². The molecule has 6 saturated carbocycles. The molecular formula is C41H63N5O8. The topological polar surface area (TPSA) is 176 Å². The summed E-state index contributed by atoms with van der Waals surface area (Å²) < 4.78 is 10.7. The molecule has 6 aliphatic carbocycles. The molecule has 0 spiro atoms. The van der Waals surface area contributed by atoms with Gasteiger partial charge in [-0.3, -0.25) is 24.0 Å². The van der Waals surface area contributed by atoms with Crippen molar-refractivity contribution >= 4 is 35.5 Å². The number of carbonyl (C=O) groups excluding carboxylic acids is 6. The highest BCUT2D eigenvalue weighted by molar-refractivity contribution is 6.38. The second-order valence-electron chi connectivity index (χ2n) is 19.6. The van der Waals surface area contributed by atoms with E-state index in [9.17, 15) is 28.8 Å². The van der Waals surface area contributed by atoms with E-state index in [-0.39, 0.29) is 66.1 Å². The average molecular weight is 754 g/mol. The van der Waals surface area contributed by atoms with Gasteiger partial charge >= 0.3 is 12.0 Å². The minimum absolute atomic E-state index is 0.0285. The number of epoxide rings is 1. The summed E-state index contributed by atoms with van der Waals surface area (Å²) in [5, 5.41) is 12.0. The van der Waals surface area contributed by atoms with E-state index in [0.29, 0.717) is 37.3 Å². The summed E-state index contributed by atoms with van der Waals surface area (Å²) in [5.74, 6) is -0.918. The van der Waals surface area contributed by atoms with Gasteiger partial charge in [-0.25, -0.2) is 4.79 Å². The number of carbonyl (C=O) groups is 6. The van der Waals surface area contributed by atoms with Gasteiger partial charge in [-0.15, -0.1) is 0 Å². The number of nitrogens with zero attached hydrogens (tertiary/aromatic N) is 1. The molecule has 300 valence electrons. The number of urea groups is 1. The third-order valence-corrected chi connectivity index (χ3v) is 13.9. The number of likely N-dealkylation sites (tertiary alicyclic amines) is 1. The summed E-state index contributed by atoms with van der Waals surface area (Å²) >= 11 is 0. The van der Waals surface area contributed by atoms with Gasteiger partial charge in [-0.1, -0.05) is 33.1 Å². The SMILES string of the molecule is CC(C)(C)OC(=O)CCNC(=O)C(=O)[C@@H](CCC1CO1)NC(=O)[C@@H]1[C@@H]2C(CN1C(=O)[C@@H](NC(=O)NC13CC4CC(CC(C4)C1)C3)C1CCCCC1)C2(C)C. The van der Waals surface area contributed by atoms with Crippen LogP contribution in [0.3, 0.4) is 0 Å². The van der Waals surface area contributed by atoms with Crippen molar-refractivity contribution in [2.75, 3.05) is 19.7 Å². The lowest BCUT2D eigenvalue weighted by Gasteiger charge is -2.56. The van der Waals surface area contributed by atoms with Crippen LogP contribution in [0.1, 0.15) is 125 Å². The van der Waals surface area contributed by atoms with Crippen molar-refractivity contribution < 1.29 is 38.2 Å². The summed E-state index contributed by atoms with van der Waals surface area (Å²) in [6, 6.07) is -2.99. The molecule has 0 aromatic heterocycles. The van der Waals surface area contributed by atoms with Crippen molar-refractivity contribution in [3.8, 4) is 0 Å². The van der Waals surface area contributed by atoms with E-state index >= 15 is 0 Å². The van der Waals surface area contributed by atoms with Crippen LogP contribution in [0.25, 0.3) is 0 Å². The Kier molecular flexibility index (Phi) is 10.9. The summed E-state index contributed by atoms with van der Waals surface area (Å²) in [4.78, 5) is 83.5. The first-order valence-corrected chi connectivity index (χ1v) is 20.9. The first-order valence-electron chi connectivity index (χ1n) is 20.9. The van der Waals surface area contributed by atoms with Gasteiger partial charge < -0.3 is 35.6 Å². The summed E-state index contributed by atoms with van der Waals surface area (Å²) in [5.41, 5.74) is -1.05. The molecular weight excluding hydrogens is 690 g/mol. The maximum atomic E-state index is 14.8. The molecule has 54 heavy (non-hydrogen) atoms. The smallest absolute Gasteiger partial charge is 0.315 e. The third kappa shape index (κ3) is 8.60. The van der Waals surface area contributed by atoms with Crippen LogP contribution in [-0.4, -0.2) is 95.5 Å². The lowest BCUT2D eigenvalue weighted by molar-refractivity contribution is -0.154. The van der Waals surface area contributed by atoms with Crippen LogP contribution in [0.2, 0.25) is 0 Å². The van der Waals surface area contributed by atoms with Crippen molar-refractivity contribution in [1.82, 2.24) is 26.2 Å². The van der Waals surface area contributed by atoms with Crippen molar-refractivity contribution in [2.24, 2.45) is 40.9 Å². The average Bonchev–Trinajstić information content (AvgIpc) is 3.95. The lowest BCUT2D eigenvalue weighted by atomic mass is 9.53. The molecule has 8 rings (SSSR count). The fourth-order valence-electron chi connectivity index (χ4n) is 11.6. The number of ketones is 1. The summed E-state index contributed by atoms with van der Waals surface area (Å²) in [6.45, 7) is 10.3. The van der Waals surface area contributed by atoms with Gasteiger partial charge in [-0.2, -0.15) is 0 Å². The Hall–Kier alpha value is -3.22. The van der Waals surface area contributed by atoms with Gasteiger partial charge in [0.2, 0.25) is 17.6 Å². The van der Waals surface area contributed by atoms with E-state index in [4.69, 9.17) is 9.47 Å². The second kappa shape index (κ2) is 15.0. The molecule has 4 bridgehead atoms. The fourth-order valence-corrected chi connectivity index (χ4v) is 11.6. The van der Waals surface area contributed by atoms with Crippen molar-refractivity contribution in [1.29, 1.82) is 0 Å². The van der Waals surface area contributed by atoms with Gasteiger partial charge in [0.15, 0.2) is 0 Å². The second-order valence-corrected chi connectivity index (χ2v) is 19.6. The molecule has 13 heteroatoms. The molecule has 8 fully saturated rings. The summed E-state index contributed by atoms with van der Waals surface area (Å²) in [6.07, 6.45) is 12.1. The van der Waals surface area contributed by atoms with Crippen molar-refractivity contribution in [3.63, 3.8) is 0 Å². The van der Waals surface area contributed by atoms with Gasteiger partial charge in [0, 0.05) is 18.6 Å². The minimum Gasteiger partial charge on any atom is -0.460 e. The largest absolute Gasteiger partial charge is 0.460 e. The Morgan fingerprint density at radius 3 is 2.13 bits per heavy atom. The zero-order valence-electron chi connectivity index (χ0n) is 33.0. The summed E-state index contributed by atoms with van der Waals surface area (Å²) in [7, 11) is 0. The zero-order chi connectivity index (χ0) is 38.6. The highest BCUT2D eigenvalue weighted by atomic mass is 16.6.